The van der Waals surface area contributed by atoms with E-state index in [-0.39, 0.29) is 0 Å². The van der Waals surface area contributed by atoms with Crippen LogP contribution in [-0.2, 0) is 0 Å². The van der Waals surface area contributed by atoms with Gasteiger partial charge in [-0.25, -0.2) is 22.4 Å². The van der Waals surface area contributed by atoms with Gasteiger partial charge in [0.15, 0.2) is 5.54 Å². The molecule has 3 nitrogen and oxygen atoms in total. The number of alkyl halides is 4. The lowest BCUT2D eigenvalue weighted by atomic mass is 9.88. The van der Waals surface area contributed by atoms with Gasteiger partial charge in [0.1, 0.15) is 0 Å². The monoisotopic (exact) mass is 306 g/mol. The van der Waals surface area contributed by atoms with Crippen LogP contribution in [0.25, 0.3) is 0 Å². The molecule has 0 radical (unpaired) electrons. The van der Waals surface area contributed by atoms with Crippen LogP contribution in [0.4, 0.5) is 28.0 Å². The summed E-state index contributed by atoms with van der Waals surface area (Å²) < 4.78 is 54.0. The minimum Gasteiger partial charge on any atom is -0.321 e. The second-order valence-electron chi connectivity index (χ2n) is 5.35. The highest BCUT2D eigenvalue weighted by Gasteiger charge is 2.61. The Kier molecular flexibility index (Phi) is 4.55. The van der Waals surface area contributed by atoms with E-state index < -0.39 is 23.4 Å². The summed E-state index contributed by atoms with van der Waals surface area (Å²) in [7, 11) is 0. The first kappa shape index (κ1) is 17.3. The molecule has 0 unspecified atom stereocenters. The van der Waals surface area contributed by atoms with Crippen molar-refractivity contribution in [2.45, 2.75) is 45.1 Å². The van der Waals surface area contributed by atoms with Crippen molar-refractivity contribution >= 4 is 11.7 Å². The van der Waals surface area contributed by atoms with E-state index in [1.54, 1.807) is 29.6 Å². The quantitative estimate of drug-likeness (QED) is 0.805. The topological polar surface area (TPSA) is 41.1 Å². The number of urea groups is 1. The van der Waals surface area contributed by atoms with Crippen molar-refractivity contribution in [3.63, 3.8) is 0 Å². The summed E-state index contributed by atoms with van der Waals surface area (Å²) in [5.41, 5.74) is -1.75. The first-order valence-electron chi connectivity index (χ1n) is 6.28. The van der Waals surface area contributed by atoms with Crippen LogP contribution in [0.3, 0.4) is 0 Å². The smallest absolute Gasteiger partial charge is 0.320 e. The summed E-state index contributed by atoms with van der Waals surface area (Å²) in [5, 5.41) is 3.94. The molecule has 0 fully saturated rings. The van der Waals surface area contributed by atoms with Crippen LogP contribution in [0, 0.1) is 6.92 Å². The molecule has 0 aromatic heterocycles. The zero-order chi connectivity index (χ0) is 16.5. The highest BCUT2D eigenvalue weighted by atomic mass is 19.3. The molecule has 1 aromatic carbocycles. The van der Waals surface area contributed by atoms with Gasteiger partial charge in [-0.1, -0.05) is 17.7 Å². The Morgan fingerprint density at radius 2 is 1.38 bits per heavy atom. The van der Waals surface area contributed by atoms with Crippen LogP contribution >= 0.6 is 0 Å². The lowest BCUT2D eigenvalue weighted by molar-refractivity contribution is -0.173. The van der Waals surface area contributed by atoms with Crippen molar-refractivity contribution in [1.29, 1.82) is 0 Å². The van der Waals surface area contributed by atoms with Gasteiger partial charge >= 0.3 is 6.03 Å². The number of amides is 2. The van der Waals surface area contributed by atoms with Crippen LogP contribution in [0.2, 0.25) is 0 Å². The number of rotatable bonds is 4. The molecule has 7 heteroatoms. The molecular formula is C14H18F4N2O. The third-order valence-corrected chi connectivity index (χ3v) is 3.43. The predicted octanol–water partition coefficient (Wildman–Crippen LogP) is 4.19. The maximum atomic E-state index is 13.5. The maximum absolute atomic E-state index is 13.5. The minimum atomic E-state index is -3.81. The molecule has 0 aliphatic carbocycles. The Balaban J connectivity index is 2.90. The van der Waals surface area contributed by atoms with Crippen LogP contribution < -0.4 is 10.6 Å². The Labute approximate surface area is 120 Å². The van der Waals surface area contributed by atoms with Crippen molar-refractivity contribution in [2.75, 3.05) is 5.32 Å². The molecule has 0 saturated heterocycles. The molecule has 0 aliphatic heterocycles. The molecule has 0 saturated carbocycles. The molecule has 0 heterocycles. The van der Waals surface area contributed by atoms with E-state index in [1.165, 1.54) is 0 Å². The number of benzene rings is 1. The van der Waals surface area contributed by atoms with E-state index in [2.05, 4.69) is 5.32 Å². The third kappa shape index (κ3) is 3.86. The summed E-state index contributed by atoms with van der Waals surface area (Å²) in [6, 6.07) is 5.35. The molecule has 2 N–H and O–H groups in total. The van der Waals surface area contributed by atoms with Gasteiger partial charge in [-0.2, -0.15) is 0 Å². The van der Waals surface area contributed by atoms with Crippen molar-refractivity contribution in [3.8, 4) is 0 Å². The highest BCUT2D eigenvalue weighted by molar-refractivity contribution is 5.89. The van der Waals surface area contributed by atoms with Crippen molar-refractivity contribution in [2.24, 2.45) is 0 Å². The lowest BCUT2D eigenvalue weighted by Crippen LogP contribution is -2.67. The van der Waals surface area contributed by atoms with Gasteiger partial charge in [-0.15, -0.1) is 0 Å². The van der Waals surface area contributed by atoms with E-state index in [1.807, 2.05) is 6.92 Å². The molecule has 1 rings (SSSR count). The second-order valence-corrected chi connectivity index (χ2v) is 5.35. The zero-order valence-corrected chi connectivity index (χ0v) is 12.2. The average molecular weight is 306 g/mol. The first-order chi connectivity index (χ1) is 9.37. The fourth-order valence-corrected chi connectivity index (χ4v) is 1.63. The SMILES string of the molecule is Cc1ccc(NC(=O)NC(C)(C(C)(F)F)C(C)(F)F)cc1. The Bertz CT molecular complexity index is 489. The molecule has 21 heavy (non-hydrogen) atoms. The largest absolute Gasteiger partial charge is 0.321 e. The summed E-state index contributed by atoms with van der Waals surface area (Å²) >= 11 is 0. The summed E-state index contributed by atoms with van der Waals surface area (Å²) in [4.78, 5) is 11.7. The van der Waals surface area contributed by atoms with Gasteiger partial charge in [0, 0.05) is 19.5 Å². The number of aryl methyl sites for hydroxylation is 1. The van der Waals surface area contributed by atoms with Crippen LogP contribution in [0.1, 0.15) is 26.3 Å². The minimum absolute atomic E-state index is 0.319. The number of halogens is 4. The number of hydrogen-bond donors (Lipinski definition) is 2. The van der Waals surface area contributed by atoms with Crippen molar-refractivity contribution in [1.82, 2.24) is 5.32 Å². The molecule has 0 spiro atoms. The lowest BCUT2D eigenvalue weighted by Gasteiger charge is -2.40. The summed E-state index contributed by atoms with van der Waals surface area (Å²) in [5.74, 6) is -7.62. The summed E-state index contributed by atoms with van der Waals surface area (Å²) in [6.45, 7) is 3.13. The van der Waals surface area contributed by atoms with Gasteiger partial charge in [-0.05, 0) is 26.0 Å². The number of anilines is 1. The van der Waals surface area contributed by atoms with Crippen molar-refractivity contribution in [3.05, 3.63) is 29.8 Å². The fourth-order valence-electron chi connectivity index (χ4n) is 1.63. The molecule has 0 atom stereocenters. The van der Waals surface area contributed by atoms with Gasteiger partial charge in [0.05, 0.1) is 0 Å². The molecule has 2 amide bonds. The molecular weight excluding hydrogens is 288 g/mol. The van der Waals surface area contributed by atoms with E-state index in [9.17, 15) is 22.4 Å². The standard InChI is InChI=1S/C14H18F4N2O/c1-9-5-7-10(8-6-9)19-11(21)20-12(2,13(3,15)16)14(4,17)18/h5-8H,1-4H3,(H2,19,20,21). The van der Waals surface area contributed by atoms with Crippen LogP contribution in [0.15, 0.2) is 24.3 Å². The number of carbonyl (C=O) groups excluding carboxylic acids is 1. The Hall–Kier alpha value is -1.79. The summed E-state index contributed by atoms with van der Waals surface area (Å²) in [6.07, 6.45) is 0. The molecule has 1 aromatic rings. The van der Waals surface area contributed by atoms with Crippen LogP contribution in [0.5, 0.6) is 0 Å². The van der Waals surface area contributed by atoms with E-state index >= 15 is 0 Å². The Morgan fingerprint density at radius 3 is 1.76 bits per heavy atom. The van der Waals surface area contributed by atoms with Gasteiger partial charge in [-0.3, -0.25) is 0 Å². The van der Waals surface area contributed by atoms with Crippen LogP contribution in [-0.4, -0.2) is 23.4 Å². The number of hydrogen-bond acceptors (Lipinski definition) is 1. The number of carbonyl (C=O) groups is 1. The average Bonchev–Trinajstić information content (AvgIpc) is 2.29. The molecule has 0 bridgehead atoms. The van der Waals surface area contributed by atoms with Gasteiger partial charge in [0.2, 0.25) is 0 Å². The maximum Gasteiger partial charge on any atom is 0.320 e. The number of nitrogens with one attached hydrogen (secondary N) is 2. The van der Waals surface area contributed by atoms with Crippen molar-refractivity contribution < 1.29 is 22.4 Å². The normalized spacial score (nSPS) is 13.0. The highest BCUT2D eigenvalue weighted by Crippen LogP contribution is 2.40. The third-order valence-electron chi connectivity index (χ3n) is 3.43. The first-order valence-corrected chi connectivity index (χ1v) is 6.28. The molecule has 118 valence electrons. The second kappa shape index (κ2) is 5.54. The van der Waals surface area contributed by atoms with Gasteiger partial charge < -0.3 is 10.6 Å². The van der Waals surface area contributed by atoms with E-state index in [0.29, 0.717) is 26.5 Å². The zero-order valence-electron chi connectivity index (χ0n) is 12.2. The fraction of sp³-hybridized carbons (Fsp3) is 0.500. The molecule has 0 aliphatic rings. The van der Waals surface area contributed by atoms with Gasteiger partial charge in [0.25, 0.3) is 11.8 Å². The van der Waals surface area contributed by atoms with E-state index in [0.717, 1.165) is 5.56 Å². The Morgan fingerprint density at radius 1 is 0.952 bits per heavy atom. The predicted molar refractivity (Wildman–Crippen MR) is 73.0 cm³/mol. The van der Waals surface area contributed by atoms with E-state index in [4.69, 9.17) is 0 Å².